The van der Waals surface area contributed by atoms with Crippen molar-refractivity contribution in [3.8, 4) is 0 Å². The Morgan fingerprint density at radius 1 is 1.67 bits per heavy atom. The van der Waals surface area contributed by atoms with Crippen LogP contribution in [0.5, 0.6) is 0 Å². The van der Waals surface area contributed by atoms with Gasteiger partial charge in [0.05, 0.1) is 6.04 Å². The van der Waals surface area contributed by atoms with Gasteiger partial charge in [-0.1, -0.05) is 13.8 Å². The molecule has 0 bridgehead atoms. The topological polar surface area (TPSA) is 72.9 Å². The molecule has 0 aliphatic heterocycles. The van der Waals surface area contributed by atoms with Gasteiger partial charge in [-0.05, 0) is 12.3 Å². The molecule has 5 nitrogen and oxygen atoms in total. The van der Waals surface area contributed by atoms with Crippen molar-refractivity contribution in [1.29, 1.82) is 0 Å². The third kappa shape index (κ3) is 3.71. The number of hydrogen-bond acceptors (Lipinski definition) is 3. The number of aromatic nitrogens is 2. The molecule has 0 aliphatic rings. The van der Waals surface area contributed by atoms with Crippen molar-refractivity contribution in [3.05, 3.63) is 12.3 Å². The van der Waals surface area contributed by atoms with Gasteiger partial charge in [0.25, 0.3) is 0 Å². The number of anilines is 1. The minimum atomic E-state index is -0.466. The smallest absolute Gasteiger partial charge is 0.242 e. The summed E-state index contributed by atoms with van der Waals surface area (Å²) in [6.07, 6.45) is 2.45. The second kappa shape index (κ2) is 4.93. The van der Waals surface area contributed by atoms with Gasteiger partial charge in [0.1, 0.15) is 0 Å². The fourth-order valence-electron chi connectivity index (χ4n) is 1.32. The maximum atomic E-state index is 11.6. The number of hydrogen-bond donors (Lipinski definition) is 2. The quantitative estimate of drug-likeness (QED) is 0.769. The molecule has 1 aromatic rings. The van der Waals surface area contributed by atoms with Gasteiger partial charge < -0.3 is 11.1 Å². The molecule has 0 saturated carbocycles. The Morgan fingerprint density at radius 2 is 2.33 bits per heavy atom. The first-order valence-electron chi connectivity index (χ1n) is 5.05. The van der Waals surface area contributed by atoms with Crippen molar-refractivity contribution >= 4 is 11.7 Å². The predicted molar refractivity (Wildman–Crippen MR) is 59.3 cm³/mol. The first kappa shape index (κ1) is 11.7. The van der Waals surface area contributed by atoms with Crippen LogP contribution in [-0.2, 0) is 11.8 Å². The van der Waals surface area contributed by atoms with E-state index in [4.69, 9.17) is 5.73 Å². The van der Waals surface area contributed by atoms with E-state index < -0.39 is 6.04 Å². The summed E-state index contributed by atoms with van der Waals surface area (Å²) >= 11 is 0. The molecule has 0 radical (unpaired) electrons. The molecule has 0 unspecified atom stereocenters. The lowest BCUT2D eigenvalue weighted by Gasteiger charge is -2.12. The van der Waals surface area contributed by atoms with Crippen LogP contribution >= 0.6 is 0 Å². The van der Waals surface area contributed by atoms with Gasteiger partial charge in [-0.2, -0.15) is 5.10 Å². The van der Waals surface area contributed by atoms with Crippen molar-refractivity contribution in [3.63, 3.8) is 0 Å². The van der Waals surface area contributed by atoms with E-state index in [0.717, 1.165) is 0 Å². The largest absolute Gasteiger partial charge is 0.320 e. The second-order valence-electron chi connectivity index (χ2n) is 4.10. The number of rotatable bonds is 4. The van der Waals surface area contributed by atoms with Crippen LogP contribution in [0.4, 0.5) is 5.82 Å². The van der Waals surface area contributed by atoms with E-state index in [1.165, 1.54) is 0 Å². The van der Waals surface area contributed by atoms with Crippen molar-refractivity contribution in [1.82, 2.24) is 9.78 Å². The Balaban J connectivity index is 2.48. The molecule has 1 heterocycles. The fraction of sp³-hybridized carbons (Fsp3) is 0.600. The number of amides is 1. The number of nitrogens with zero attached hydrogens (tertiary/aromatic N) is 2. The summed E-state index contributed by atoms with van der Waals surface area (Å²) in [5, 5.41) is 6.71. The monoisotopic (exact) mass is 210 g/mol. The molecule has 5 heteroatoms. The van der Waals surface area contributed by atoms with Gasteiger partial charge in [-0.25, -0.2) is 0 Å². The minimum absolute atomic E-state index is 0.178. The molecule has 1 amide bonds. The van der Waals surface area contributed by atoms with E-state index >= 15 is 0 Å². The third-order valence-corrected chi connectivity index (χ3v) is 2.03. The summed E-state index contributed by atoms with van der Waals surface area (Å²) in [6.45, 7) is 4.07. The lowest BCUT2D eigenvalue weighted by Crippen LogP contribution is -2.36. The molecule has 3 N–H and O–H groups in total. The average molecular weight is 210 g/mol. The van der Waals surface area contributed by atoms with Gasteiger partial charge in [0.2, 0.25) is 5.91 Å². The molecule has 1 aromatic heterocycles. The Hall–Kier alpha value is -1.36. The first-order valence-corrected chi connectivity index (χ1v) is 5.05. The molecule has 0 saturated heterocycles. The van der Waals surface area contributed by atoms with Crippen molar-refractivity contribution in [2.75, 3.05) is 5.32 Å². The van der Waals surface area contributed by atoms with Crippen LogP contribution in [-0.4, -0.2) is 21.7 Å². The van der Waals surface area contributed by atoms with Crippen LogP contribution in [0.2, 0.25) is 0 Å². The van der Waals surface area contributed by atoms with E-state index in [1.807, 2.05) is 13.8 Å². The molecular weight excluding hydrogens is 192 g/mol. The fourth-order valence-corrected chi connectivity index (χ4v) is 1.32. The first-order chi connectivity index (χ1) is 6.99. The highest BCUT2D eigenvalue weighted by molar-refractivity contribution is 5.93. The van der Waals surface area contributed by atoms with Crippen molar-refractivity contribution < 1.29 is 4.79 Å². The predicted octanol–water partition coefficient (Wildman–Crippen LogP) is 0.732. The Kier molecular flexibility index (Phi) is 3.85. The number of nitrogens with one attached hydrogen (secondary N) is 1. The summed E-state index contributed by atoms with van der Waals surface area (Å²) in [5.41, 5.74) is 5.73. The highest BCUT2D eigenvalue weighted by Gasteiger charge is 2.15. The normalized spacial score (nSPS) is 12.9. The molecule has 0 aliphatic carbocycles. The molecule has 0 spiro atoms. The van der Waals surface area contributed by atoms with Crippen molar-refractivity contribution in [2.45, 2.75) is 26.3 Å². The van der Waals surface area contributed by atoms with E-state index in [-0.39, 0.29) is 5.91 Å². The standard InChI is InChI=1S/C10H18N4O/c1-7(2)6-8(11)10(15)12-9-4-5-14(3)13-9/h4-5,7-8H,6,11H2,1-3H3,(H,12,13,15)/t8-/m1/s1. The number of carbonyl (C=O) groups excluding carboxylic acids is 1. The number of nitrogens with two attached hydrogens (primary N) is 1. The Labute approximate surface area is 89.6 Å². The lowest BCUT2D eigenvalue weighted by molar-refractivity contribution is -0.117. The zero-order chi connectivity index (χ0) is 11.4. The van der Waals surface area contributed by atoms with Gasteiger partial charge >= 0.3 is 0 Å². The summed E-state index contributed by atoms with van der Waals surface area (Å²) in [4.78, 5) is 11.6. The second-order valence-corrected chi connectivity index (χ2v) is 4.10. The van der Waals surface area contributed by atoms with Gasteiger partial charge in [0.15, 0.2) is 5.82 Å². The summed E-state index contributed by atoms with van der Waals surface area (Å²) in [7, 11) is 1.80. The van der Waals surface area contributed by atoms with Crippen LogP contribution in [0, 0.1) is 5.92 Å². The molecule has 0 aromatic carbocycles. The number of aryl methyl sites for hydroxylation is 1. The minimum Gasteiger partial charge on any atom is -0.320 e. The van der Waals surface area contributed by atoms with Gasteiger partial charge in [-0.15, -0.1) is 0 Å². The van der Waals surface area contributed by atoms with E-state index in [0.29, 0.717) is 18.2 Å². The maximum Gasteiger partial charge on any atom is 0.242 e. The molecule has 84 valence electrons. The summed E-state index contributed by atoms with van der Waals surface area (Å²) < 4.78 is 1.63. The molecule has 15 heavy (non-hydrogen) atoms. The zero-order valence-electron chi connectivity index (χ0n) is 9.40. The lowest BCUT2D eigenvalue weighted by atomic mass is 10.0. The highest BCUT2D eigenvalue weighted by Crippen LogP contribution is 2.06. The average Bonchev–Trinajstić information content (AvgIpc) is 2.50. The van der Waals surface area contributed by atoms with Crippen LogP contribution in [0.1, 0.15) is 20.3 Å². The number of carbonyl (C=O) groups is 1. The van der Waals surface area contributed by atoms with Crippen LogP contribution in [0.3, 0.4) is 0 Å². The van der Waals surface area contributed by atoms with Crippen molar-refractivity contribution in [2.24, 2.45) is 18.7 Å². The van der Waals surface area contributed by atoms with E-state index in [2.05, 4.69) is 10.4 Å². The van der Waals surface area contributed by atoms with E-state index in [9.17, 15) is 4.79 Å². The van der Waals surface area contributed by atoms with Crippen LogP contribution in [0.15, 0.2) is 12.3 Å². The summed E-state index contributed by atoms with van der Waals surface area (Å²) in [6, 6.07) is 1.27. The zero-order valence-corrected chi connectivity index (χ0v) is 9.40. The Bertz CT molecular complexity index is 332. The molecule has 1 atom stereocenters. The van der Waals surface area contributed by atoms with E-state index in [1.54, 1.807) is 24.0 Å². The SMILES string of the molecule is CC(C)C[C@@H](N)C(=O)Nc1ccn(C)n1. The van der Waals surface area contributed by atoms with Gasteiger partial charge in [0, 0.05) is 19.3 Å². The van der Waals surface area contributed by atoms with Gasteiger partial charge in [-0.3, -0.25) is 9.48 Å². The summed E-state index contributed by atoms with van der Waals surface area (Å²) in [5.74, 6) is 0.776. The maximum absolute atomic E-state index is 11.6. The third-order valence-electron chi connectivity index (χ3n) is 2.03. The molecular formula is C10H18N4O. The van der Waals surface area contributed by atoms with Crippen LogP contribution < -0.4 is 11.1 Å². The molecule has 0 fully saturated rings. The highest BCUT2D eigenvalue weighted by atomic mass is 16.2. The van der Waals surface area contributed by atoms with Crippen LogP contribution in [0.25, 0.3) is 0 Å². The Morgan fingerprint density at radius 3 is 2.80 bits per heavy atom. The molecule has 1 rings (SSSR count).